The number of aromatic hydroxyl groups is 2. The second-order valence-electron chi connectivity index (χ2n) is 5.44. The van der Waals surface area contributed by atoms with Gasteiger partial charge in [0.15, 0.2) is 0 Å². The highest BCUT2D eigenvalue weighted by atomic mass is 16.5. The summed E-state index contributed by atoms with van der Waals surface area (Å²) in [5.74, 6) is 0.996. The standard InChI is InChI=1S/C17H16O4/c1-10-6-14-15(7-12(19)8-16(14)20)17(10)21-13-4-2-11(9-18)3-5-13/h2-5,7-10,17,19-20H,6H2,1H3/t10-,17?/m1/s1. The Morgan fingerprint density at radius 2 is 1.90 bits per heavy atom. The van der Waals surface area contributed by atoms with Crippen molar-refractivity contribution in [2.45, 2.75) is 19.4 Å². The Morgan fingerprint density at radius 3 is 2.57 bits per heavy atom. The molecule has 0 fully saturated rings. The molecule has 2 aromatic carbocycles. The van der Waals surface area contributed by atoms with Crippen LogP contribution in [0.15, 0.2) is 36.4 Å². The molecule has 0 bridgehead atoms. The van der Waals surface area contributed by atoms with Crippen molar-refractivity contribution in [3.63, 3.8) is 0 Å². The number of benzene rings is 2. The van der Waals surface area contributed by atoms with Gasteiger partial charge < -0.3 is 14.9 Å². The highest BCUT2D eigenvalue weighted by Gasteiger charge is 2.33. The molecular weight excluding hydrogens is 268 g/mol. The molecule has 0 aromatic heterocycles. The molecule has 0 radical (unpaired) electrons. The maximum atomic E-state index is 10.7. The van der Waals surface area contributed by atoms with Crippen LogP contribution in [0.3, 0.4) is 0 Å². The summed E-state index contributed by atoms with van der Waals surface area (Å²) in [5.41, 5.74) is 2.24. The van der Waals surface area contributed by atoms with Gasteiger partial charge in [-0.25, -0.2) is 0 Å². The van der Waals surface area contributed by atoms with Crippen LogP contribution in [0.4, 0.5) is 0 Å². The molecule has 0 spiro atoms. The third-order valence-electron chi connectivity index (χ3n) is 3.87. The van der Waals surface area contributed by atoms with E-state index < -0.39 is 0 Å². The SMILES string of the molecule is C[C@@H]1Cc2c(O)cc(O)cc2C1Oc1ccc(C=O)cc1. The Bertz CT molecular complexity index is 676. The summed E-state index contributed by atoms with van der Waals surface area (Å²) in [4.78, 5) is 10.7. The van der Waals surface area contributed by atoms with Gasteiger partial charge in [0.1, 0.15) is 29.6 Å². The van der Waals surface area contributed by atoms with Crippen molar-refractivity contribution in [3.05, 3.63) is 53.1 Å². The molecule has 0 saturated carbocycles. The first kappa shape index (κ1) is 13.5. The van der Waals surface area contributed by atoms with Gasteiger partial charge in [-0.2, -0.15) is 0 Å². The Balaban J connectivity index is 1.91. The van der Waals surface area contributed by atoms with E-state index in [1.807, 2.05) is 6.92 Å². The number of hydrogen-bond donors (Lipinski definition) is 2. The summed E-state index contributed by atoms with van der Waals surface area (Å²) >= 11 is 0. The summed E-state index contributed by atoms with van der Waals surface area (Å²) in [6.07, 6.45) is 1.27. The fourth-order valence-electron chi connectivity index (χ4n) is 2.83. The Morgan fingerprint density at radius 1 is 1.19 bits per heavy atom. The zero-order valence-corrected chi connectivity index (χ0v) is 11.6. The number of phenols is 2. The van der Waals surface area contributed by atoms with Crippen molar-refractivity contribution >= 4 is 6.29 Å². The molecule has 2 atom stereocenters. The van der Waals surface area contributed by atoms with Gasteiger partial charge in [-0.05, 0) is 36.8 Å². The number of phenolic OH excluding ortho intramolecular Hbond substituents is 2. The van der Waals surface area contributed by atoms with E-state index in [0.717, 1.165) is 17.4 Å². The summed E-state index contributed by atoms with van der Waals surface area (Å²) in [6, 6.07) is 9.88. The van der Waals surface area contributed by atoms with Crippen molar-refractivity contribution in [2.24, 2.45) is 5.92 Å². The van der Waals surface area contributed by atoms with Gasteiger partial charge in [-0.3, -0.25) is 4.79 Å². The lowest BCUT2D eigenvalue weighted by Gasteiger charge is -2.19. The van der Waals surface area contributed by atoms with Crippen LogP contribution in [-0.2, 0) is 6.42 Å². The summed E-state index contributed by atoms with van der Waals surface area (Å²) < 4.78 is 5.99. The van der Waals surface area contributed by atoms with E-state index in [1.54, 1.807) is 30.3 Å². The molecule has 4 heteroatoms. The molecule has 21 heavy (non-hydrogen) atoms. The van der Waals surface area contributed by atoms with Crippen molar-refractivity contribution in [1.29, 1.82) is 0 Å². The maximum Gasteiger partial charge on any atom is 0.150 e. The van der Waals surface area contributed by atoms with E-state index in [9.17, 15) is 15.0 Å². The zero-order valence-electron chi connectivity index (χ0n) is 11.6. The first-order valence-electron chi connectivity index (χ1n) is 6.85. The van der Waals surface area contributed by atoms with Gasteiger partial charge in [0, 0.05) is 28.7 Å². The van der Waals surface area contributed by atoms with E-state index >= 15 is 0 Å². The lowest BCUT2D eigenvalue weighted by Crippen LogP contribution is -2.11. The van der Waals surface area contributed by atoms with Crippen LogP contribution in [0.1, 0.15) is 34.5 Å². The van der Waals surface area contributed by atoms with Crippen molar-refractivity contribution in [3.8, 4) is 17.2 Å². The van der Waals surface area contributed by atoms with Crippen LogP contribution in [-0.4, -0.2) is 16.5 Å². The van der Waals surface area contributed by atoms with Crippen molar-refractivity contribution in [2.75, 3.05) is 0 Å². The smallest absolute Gasteiger partial charge is 0.150 e. The second-order valence-corrected chi connectivity index (χ2v) is 5.44. The predicted octanol–water partition coefficient (Wildman–Crippen LogP) is 3.22. The monoisotopic (exact) mass is 284 g/mol. The van der Waals surface area contributed by atoms with Gasteiger partial charge in [0.2, 0.25) is 0 Å². The van der Waals surface area contributed by atoms with Crippen LogP contribution in [0.2, 0.25) is 0 Å². The third-order valence-corrected chi connectivity index (χ3v) is 3.87. The first-order chi connectivity index (χ1) is 10.1. The van der Waals surface area contributed by atoms with Crippen LogP contribution in [0.5, 0.6) is 17.2 Å². The predicted molar refractivity (Wildman–Crippen MR) is 77.8 cm³/mol. The third kappa shape index (κ3) is 2.44. The average molecular weight is 284 g/mol. The minimum absolute atomic E-state index is 0.0326. The fourth-order valence-corrected chi connectivity index (χ4v) is 2.83. The van der Waals surface area contributed by atoms with Gasteiger partial charge in [0.05, 0.1) is 0 Å². The van der Waals surface area contributed by atoms with Crippen LogP contribution < -0.4 is 4.74 Å². The summed E-state index contributed by atoms with van der Waals surface area (Å²) in [7, 11) is 0. The number of aldehydes is 1. The van der Waals surface area contributed by atoms with E-state index in [2.05, 4.69) is 0 Å². The molecule has 2 N–H and O–H groups in total. The van der Waals surface area contributed by atoms with Gasteiger partial charge in [-0.1, -0.05) is 6.92 Å². The summed E-state index contributed by atoms with van der Waals surface area (Å²) in [5, 5.41) is 19.6. The number of carbonyl (C=O) groups excluding carboxylic acids is 1. The molecular formula is C17H16O4. The van der Waals surface area contributed by atoms with Crippen LogP contribution >= 0.6 is 0 Å². The molecule has 4 nitrogen and oxygen atoms in total. The Kier molecular flexibility index (Phi) is 3.29. The average Bonchev–Trinajstić information content (AvgIpc) is 2.77. The minimum Gasteiger partial charge on any atom is -0.508 e. The quantitative estimate of drug-likeness (QED) is 0.849. The summed E-state index contributed by atoms with van der Waals surface area (Å²) in [6.45, 7) is 2.04. The number of hydrogen-bond acceptors (Lipinski definition) is 4. The highest BCUT2D eigenvalue weighted by molar-refractivity contribution is 5.74. The number of rotatable bonds is 3. The first-order valence-corrected chi connectivity index (χ1v) is 6.85. The van der Waals surface area contributed by atoms with Crippen LogP contribution in [0, 0.1) is 5.92 Å². The van der Waals surface area contributed by atoms with E-state index in [0.29, 0.717) is 17.7 Å². The zero-order chi connectivity index (χ0) is 15.0. The topological polar surface area (TPSA) is 66.8 Å². The molecule has 0 heterocycles. The molecule has 0 aliphatic heterocycles. The minimum atomic E-state index is -0.222. The molecule has 3 rings (SSSR count). The molecule has 2 aromatic rings. The second kappa shape index (κ2) is 5.13. The van der Waals surface area contributed by atoms with E-state index in [-0.39, 0.29) is 23.5 Å². The maximum absolute atomic E-state index is 10.7. The largest absolute Gasteiger partial charge is 0.508 e. The molecule has 0 saturated heterocycles. The number of ether oxygens (including phenoxy) is 1. The Hall–Kier alpha value is -2.49. The number of fused-ring (bicyclic) bond motifs is 1. The fraction of sp³-hybridized carbons (Fsp3) is 0.235. The molecule has 1 aliphatic carbocycles. The normalized spacial score (nSPS) is 20.0. The van der Waals surface area contributed by atoms with Crippen molar-refractivity contribution < 1.29 is 19.7 Å². The lowest BCUT2D eigenvalue weighted by atomic mass is 10.1. The van der Waals surface area contributed by atoms with Gasteiger partial charge in [0.25, 0.3) is 0 Å². The Labute approximate surface area is 122 Å². The molecule has 0 amide bonds. The van der Waals surface area contributed by atoms with Gasteiger partial charge >= 0.3 is 0 Å². The molecule has 1 unspecified atom stereocenters. The van der Waals surface area contributed by atoms with E-state index in [1.165, 1.54) is 6.07 Å². The number of carbonyl (C=O) groups is 1. The van der Waals surface area contributed by atoms with E-state index in [4.69, 9.17) is 4.74 Å². The lowest BCUT2D eigenvalue weighted by molar-refractivity contribution is 0.112. The molecule has 1 aliphatic rings. The highest BCUT2D eigenvalue weighted by Crippen LogP contribution is 2.44. The molecule has 108 valence electrons. The van der Waals surface area contributed by atoms with Gasteiger partial charge in [-0.15, -0.1) is 0 Å². The van der Waals surface area contributed by atoms with Crippen molar-refractivity contribution in [1.82, 2.24) is 0 Å². The van der Waals surface area contributed by atoms with Crippen LogP contribution in [0.25, 0.3) is 0 Å².